The van der Waals surface area contributed by atoms with Gasteiger partial charge in [-0.2, -0.15) is 5.10 Å². The summed E-state index contributed by atoms with van der Waals surface area (Å²) in [5.41, 5.74) is 2.11. The number of benzene rings is 2. The van der Waals surface area contributed by atoms with E-state index < -0.39 is 11.6 Å². The Kier molecular flexibility index (Phi) is 4.72. The first-order valence-electron chi connectivity index (χ1n) is 8.39. The van der Waals surface area contributed by atoms with E-state index in [0.717, 1.165) is 17.5 Å². The molecule has 28 heavy (non-hydrogen) atoms. The highest BCUT2D eigenvalue weighted by Crippen LogP contribution is 2.30. The number of ether oxygens (including phenoxy) is 1. The Bertz CT molecular complexity index is 1130. The predicted molar refractivity (Wildman–Crippen MR) is 100 cm³/mol. The number of hydrogen-bond donors (Lipinski definition) is 0. The molecule has 0 spiro atoms. The standard InChI is InChI=1S/C21H14F2N4O/c1-28-15-5-2-13(3-6-15)21-26-20(12-25-27-21)14-4-7-18(22)17(10-14)16-8-9-24-11-19(16)23/h2-12H,1H3. The molecule has 0 saturated carbocycles. The van der Waals surface area contributed by atoms with Crippen LogP contribution in [-0.4, -0.2) is 27.3 Å². The topological polar surface area (TPSA) is 60.8 Å². The van der Waals surface area contributed by atoms with Crippen LogP contribution in [0.5, 0.6) is 5.75 Å². The molecule has 0 aliphatic heterocycles. The van der Waals surface area contributed by atoms with Crippen molar-refractivity contribution in [3.63, 3.8) is 0 Å². The van der Waals surface area contributed by atoms with Crippen molar-refractivity contribution in [2.24, 2.45) is 0 Å². The highest BCUT2D eigenvalue weighted by atomic mass is 19.1. The van der Waals surface area contributed by atoms with Gasteiger partial charge in [-0.1, -0.05) is 0 Å². The molecular weight excluding hydrogens is 362 g/mol. The summed E-state index contributed by atoms with van der Waals surface area (Å²) < 4.78 is 33.5. The van der Waals surface area contributed by atoms with Crippen molar-refractivity contribution in [1.29, 1.82) is 0 Å². The lowest BCUT2D eigenvalue weighted by Gasteiger charge is -2.08. The van der Waals surface area contributed by atoms with Crippen LogP contribution < -0.4 is 4.74 Å². The van der Waals surface area contributed by atoms with Crippen LogP contribution in [0.1, 0.15) is 0 Å². The Hall–Kier alpha value is -3.74. The van der Waals surface area contributed by atoms with Crippen LogP contribution in [-0.2, 0) is 0 Å². The smallest absolute Gasteiger partial charge is 0.182 e. The van der Waals surface area contributed by atoms with Crippen LogP contribution in [0, 0.1) is 11.6 Å². The van der Waals surface area contributed by atoms with Gasteiger partial charge in [0.25, 0.3) is 0 Å². The van der Waals surface area contributed by atoms with E-state index in [4.69, 9.17) is 4.74 Å². The van der Waals surface area contributed by atoms with E-state index in [9.17, 15) is 8.78 Å². The maximum Gasteiger partial charge on any atom is 0.182 e. The molecule has 0 bridgehead atoms. The van der Waals surface area contributed by atoms with Crippen LogP contribution >= 0.6 is 0 Å². The first-order chi connectivity index (χ1) is 13.7. The van der Waals surface area contributed by atoms with Crippen molar-refractivity contribution < 1.29 is 13.5 Å². The van der Waals surface area contributed by atoms with Gasteiger partial charge in [-0.25, -0.2) is 13.8 Å². The molecule has 0 aliphatic carbocycles. The van der Waals surface area contributed by atoms with E-state index in [2.05, 4.69) is 20.2 Å². The summed E-state index contributed by atoms with van der Waals surface area (Å²) in [5.74, 6) is 0.000986. The van der Waals surface area contributed by atoms with Crippen LogP contribution in [0.4, 0.5) is 8.78 Å². The molecule has 2 heterocycles. The van der Waals surface area contributed by atoms with E-state index in [1.54, 1.807) is 25.3 Å². The zero-order chi connectivity index (χ0) is 19.5. The predicted octanol–water partition coefficient (Wildman–Crippen LogP) is 4.55. The molecule has 0 atom stereocenters. The molecule has 4 rings (SSSR count). The fourth-order valence-electron chi connectivity index (χ4n) is 2.79. The maximum absolute atomic E-state index is 14.3. The van der Waals surface area contributed by atoms with Crippen molar-refractivity contribution >= 4 is 0 Å². The summed E-state index contributed by atoms with van der Waals surface area (Å²) in [6.07, 6.45) is 3.95. The fourth-order valence-corrected chi connectivity index (χ4v) is 2.79. The van der Waals surface area contributed by atoms with Gasteiger partial charge in [0.1, 0.15) is 17.4 Å². The van der Waals surface area contributed by atoms with Crippen molar-refractivity contribution in [2.75, 3.05) is 7.11 Å². The van der Waals surface area contributed by atoms with Crippen LogP contribution in [0.25, 0.3) is 33.8 Å². The van der Waals surface area contributed by atoms with Gasteiger partial charge in [0.2, 0.25) is 0 Å². The summed E-state index contributed by atoms with van der Waals surface area (Å²) in [4.78, 5) is 8.21. The van der Waals surface area contributed by atoms with Gasteiger partial charge in [-0.3, -0.25) is 4.98 Å². The molecule has 2 aromatic carbocycles. The molecular formula is C21H14F2N4O. The number of rotatable bonds is 4. The molecule has 5 nitrogen and oxygen atoms in total. The van der Waals surface area contributed by atoms with E-state index in [1.165, 1.54) is 30.6 Å². The van der Waals surface area contributed by atoms with Crippen molar-refractivity contribution in [3.05, 3.63) is 78.8 Å². The summed E-state index contributed by atoms with van der Waals surface area (Å²) in [6.45, 7) is 0. The Morgan fingerprint density at radius 3 is 2.36 bits per heavy atom. The molecule has 138 valence electrons. The lowest BCUT2D eigenvalue weighted by atomic mass is 10.0. The second-order valence-electron chi connectivity index (χ2n) is 5.94. The number of methoxy groups -OCH3 is 1. The third kappa shape index (κ3) is 3.42. The number of aromatic nitrogens is 4. The van der Waals surface area contributed by atoms with E-state index in [0.29, 0.717) is 17.1 Å². The number of hydrogen-bond acceptors (Lipinski definition) is 5. The van der Waals surface area contributed by atoms with Gasteiger partial charge in [-0.05, 0) is 48.5 Å². The van der Waals surface area contributed by atoms with Gasteiger partial charge in [-0.15, -0.1) is 5.10 Å². The minimum Gasteiger partial charge on any atom is -0.497 e. The van der Waals surface area contributed by atoms with Crippen molar-refractivity contribution in [1.82, 2.24) is 20.2 Å². The van der Waals surface area contributed by atoms with Gasteiger partial charge in [0.15, 0.2) is 5.82 Å². The fraction of sp³-hybridized carbons (Fsp3) is 0.0476. The van der Waals surface area contributed by atoms with E-state index >= 15 is 0 Å². The minimum absolute atomic E-state index is 0.127. The molecule has 0 radical (unpaired) electrons. The molecule has 0 unspecified atom stereocenters. The molecule has 7 heteroatoms. The average molecular weight is 376 g/mol. The van der Waals surface area contributed by atoms with E-state index in [1.807, 2.05) is 12.1 Å². The third-order valence-electron chi connectivity index (χ3n) is 4.23. The molecule has 0 saturated heterocycles. The molecule has 0 fully saturated rings. The monoisotopic (exact) mass is 376 g/mol. The highest BCUT2D eigenvalue weighted by Gasteiger charge is 2.13. The van der Waals surface area contributed by atoms with Crippen molar-refractivity contribution in [3.8, 4) is 39.5 Å². The first-order valence-corrected chi connectivity index (χ1v) is 8.39. The molecule has 4 aromatic rings. The summed E-state index contributed by atoms with van der Waals surface area (Å²) in [6, 6.07) is 13.1. The average Bonchev–Trinajstić information content (AvgIpc) is 2.75. The van der Waals surface area contributed by atoms with Crippen molar-refractivity contribution in [2.45, 2.75) is 0 Å². The Morgan fingerprint density at radius 1 is 0.821 bits per heavy atom. The number of nitrogens with zero attached hydrogens (tertiary/aromatic N) is 4. The zero-order valence-corrected chi connectivity index (χ0v) is 14.8. The second kappa shape index (κ2) is 7.48. The normalized spacial score (nSPS) is 10.7. The van der Waals surface area contributed by atoms with Crippen LogP contribution in [0.2, 0.25) is 0 Å². The summed E-state index contributed by atoms with van der Waals surface area (Å²) in [7, 11) is 1.59. The molecule has 0 N–H and O–H groups in total. The molecule has 0 amide bonds. The summed E-state index contributed by atoms with van der Waals surface area (Å²) >= 11 is 0. The number of pyridine rings is 1. The Labute approximate surface area is 159 Å². The zero-order valence-electron chi connectivity index (χ0n) is 14.8. The lowest BCUT2D eigenvalue weighted by Crippen LogP contribution is -1.96. The Balaban J connectivity index is 1.75. The van der Waals surface area contributed by atoms with Crippen LogP contribution in [0.15, 0.2) is 67.1 Å². The molecule has 2 aromatic heterocycles. The lowest BCUT2D eigenvalue weighted by molar-refractivity contribution is 0.415. The quantitative estimate of drug-likeness (QED) is 0.523. The van der Waals surface area contributed by atoms with Gasteiger partial charge in [0, 0.05) is 28.5 Å². The SMILES string of the molecule is COc1ccc(-c2nncc(-c3ccc(F)c(-c4ccncc4F)c3)n2)cc1. The molecule has 0 aliphatic rings. The minimum atomic E-state index is -0.599. The van der Waals surface area contributed by atoms with Crippen LogP contribution in [0.3, 0.4) is 0 Å². The highest BCUT2D eigenvalue weighted by molar-refractivity contribution is 5.72. The van der Waals surface area contributed by atoms with Gasteiger partial charge in [0.05, 0.1) is 25.2 Å². The second-order valence-corrected chi connectivity index (χ2v) is 5.94. The number of halogens is 2. The first kappa shape index (κ1) is 17.7. The van der Waals surface area contributed by atoms with Gasteiger partial charge >= 0.3 is 0 Å². The summed E-state index contributed by atoms with van der Waals surface area (Å²) in [5, 5.41) is 8.06. The largest absolute Gasteiger partial charge is 0.497 e. The van der Waals surface area contributed by atoms with Gasteiger partial charge < -0.3 is 4.74 Å². The third-order valence-corrected chi connectivity index (χ3v) is 4.23. The Morgan fingerprint density at radius 2 is 1.61 bits per heavy atom. The van der Waals surface area contributed by atoms with E-state index in [-0.39, 0.29) is 11.1 Å². The maximum atomic E-state index is 14.3.